The molecule has 0 bridgehead atoms. The number of carbonyl (C=O) groups excluding carboxylic acids is 1. The van der Waals surface area contributed by atoms with E-state index in [4.69, 9.17) is 4.74 Å². The summed E-state index contributed by atoms with van der Waals surface area (Å²) in [5.41, 5.74) is 0.293. The maximum Gasteiger partial charge on any atom is 0.242 e. The van der Waals surface area contributed by atoms with Gasteiger partial charge in [-0.05, 0) is 31.0 Å². The van der Waals surface area contributed by atoms with Gasteiger partial charge in [-0.15, -0.1) is 16.8 Å². The van der Waals surface area contributed by atoms with Gasteiger partial charge in [0, 0.05) is 26.6 Å². The van der Waals surface area contributed by atoms with Crippen molar-refractivity contribution in [1.82, 2.24) is 19.1 Å². The topological polar surface area (TPSA) is 106 Å². The van der Waals surface area contributed by atoms with E-state index >= 15 is 0 Å². The van der Waals surface area contributed by atoms with Crippen LogP contribution in [0.4, 0.5) is 5.69 Å². The summed E-state index contributed by atoms with van der Waals surface area (Å²) in [5.74, 6) is 1.51. The third-order valence-corrected chi connectivity index (χ3v) is 8.36. The first kappa shape index (κ1) is 25.3. The number of hydrogen-bond donors (Lipinski definition) is 1. The lowest BCUT2D eigenvalue weighted by Gasteiger charge is -2.21. The van der Waals surface area contributed by atoms with Crippen LogP contribution >= 0.6 is 11.8 Å². The Morgan fingerprint density at radius 2 is 2.03 bits per heavy atom. The molecule has 9 nitrogen and oxygen atoms in total. The van der Waals surface area contributed by atoms with Gasteiger partial charge >= 0.3 is 0 Å². The summed E-state index contributed by atoms with van der Waals surface area (Å²) in [6.07, 6.45) is 7.66. The Morgan fingerprint density at radius 3 is 2.67 bits per heavy atom. The van der Waals surface area contributed by atoms with Crippen molar-refractivity contribution in [2.75, 3.05) is 32.3 Å². The molecule has 1 aliphatic rings. The molecule has 1 saturated carbocycles. The number of ether oxygens (including phenoxy) is 1. The predicted octanol–water partition coefficient (Wildman–Crippen LogP) is 3.50. The van der Waals surface area contributed by atoms with E-state index in [0.717, 1.165) is 23.0 Å². The number of benzene rings is 1. The van der Waals surface area contributed by atoms with E-state index in [2.05, 4.69) is 22.1 Å². The van der Waals surface area contributed by atoms with Gasteiger partial charge in [0.1, 0.15) is 11.6 Å². The van der Waals surface area contributed by atoms with Crippen LogP contribution in [0.3, 0.4) is 0 Å². The molecule has 1 aliphatic carbocycles. The Kier molecular flexibility index (Phi) is 8.55. The summed E-state index contributed by atoms with van der Waals surface area (Å²) in [5, 5.41) is 12.2. The molecule has 180 valence electrons. The molecule has 3 rings (SSSR count). The maximum atomic E-state index is 12.7. The van der Waals surface area contributed by atoms with Gasteiger partial charge in [-0.3, -0.25) is 4.79 Å². The van der Waals surface area contributed by atoms with Crippen molar-refractivity contribution in [3.05, 3.63) is 36.7 Å². The SMILES string of the molecule is C=CCn1c(SCC(=O)Nc2cc(S(=O)(=O)N(C)C)ccc2OC)nnc1C1CCCCC1. The third kappa shape index (κ3) is 5.96. The first-order valence-electron chi connectivity index (χ1n) is 10.8. The monoisotopic (exact) mass is 493 g/mol. The molecule has 0 aliphatic heterocycles. The van der Waals surface area contributed by atoms with Crippen molar-refractivity contribution in [2.45, 2.75) is 54.6 Å². The number of anilines is 1. The summed E-state index contributed by atoms with van der Waals surface area (Å²) in [6, 6.07) is 4.37. The minimum Gasteiger partial charge on any atom is -0.495 e. The van der Waals surface area contributed by atoms with Crippen molar-refractivity contribution in [1.29, 1.82) is 0 Å². The van der Waals surface area contributed by atoms with Crippen molar-refractivity contribution < 1.29 is 17.9 Å². The van der Waals surface area contributed by atoms with Gasteiger partial charge < -0.3 is 14.6 Å². The van der Waals surface area contributed by atoms with E-state index in [9.17, 15) is 13.2 Å². The van der Waals surface area contributed by atoms with E-state index in [1.54, 1.807) is 6.08 Å². The number of sulfonamides is 1. The van der Waals surface area contributed by atoms with Crippen LogP contribution in [0.1, 0.15) is 43.8 Å². The van der Waals surface area contributed by atoms with Crippen LogP contribution < -0.4 is 10.1 Å². The molecule has 11 heteroatoms. The number of thioether (sulfide) groups is 1. The Labute approximate surface area is 199 Å². The second kappa shape index (κ2) is 11.2. The molecule has 1 aromatic heterocycles. The van der Waals surface area contributed by atoms with Gasteiger partial charge in [0.25, 0.3) is 0 Å². The number of amides is 1. The molecule has 1 aromatic carbocycles. The average molecular weight is 494 g/mol. The standard InChI is InChI=1S/C22H31N5O4S2/c1-5-13-27-21(16-9-7-6-8-10-16)24-25-22(27)32-15-20(28)23-18-14-17(11-12-19(18)31-4)33(29,30)26(2)3/h5,11-12,14,16H,1,6-10,13,15H2,2-4H3,(H,23,28). The fourth-order valence-corrected chi connectivity index (χ4v) is 5.53. The summed E-state index contributed by atoms with van der Waals surface area (Å²) in [7, 11) is 0.725. The summed E-state index contributed by atoms with van der Waals surface area (Å²) in [6.45, 7) is 4.43. The molecule has 1 amide bonds. The van der Waals surface area contributed by atoms with E-state index < -0.39 is 10.0 Å². The van der Waals surface area contributed by atoms with E-state index in [1.165, 1.54) is 70.4 Å². The second-order valence-electron chi connectivity index (χ2n) is 8.06. The van der Waals surface area contributed by atoms with Gasteiger partial charge in [-0.25, -0.2) is 12.7 Å². The van der Waals surface area contributed by atoms with Crippen LogP contribution in [0.2, 0.25) is 0 Å². The highest BCUT2D eigenvalue weighted by Gasteiger charge is 2.24. The highest BCUT2D eigenvalue weighted by molar-refractivity contribution is 7.99. The quantitative estimate of drug-likeness (QED) is 0.399. The minimum atomic E-state index is -3.65. The van der Waals surface area contributed by atoms with Crippen molar-refractivity contribution in [3.63, 3.8) is 0 Å². The van der Waals surface area contributed by atoms with Crippen molar-refractivity contribution in [3.8, 4) is 5.75 Å². The van der Waals surface area contributed by atoms with Crippen LogP contribution in [-0.2, 0) is 21.4 Å². The first-order chi connectivity index (χ1) is 15.8. The average Bonchev–Trinajstić information content (AvgIpc) is 3.21. The normalized spacial score (nSPS) is 14.9. The summed E-state index contributed by atoms with van der Waals surface area (Å²) >= 11 is 1.29. The van der Waals surface area contributed by atoms with Gasteiger partial charge in [-0.2, -0.15) is 0 Å². The summed E-state index contributed by atoms with van der Waals surface area (Å²) in [4.78, 5) is 12.8. The second-order valence-corrected chi connectivity index (χ2v) is 11.2. The molecule has 0 unspecified atom stereocenters. The number of rotatable bonds is 10. The molecule has 2 aromatic rings. The molecular weight excluding hydrogens is 462 g/mol. The van der Waals surface area contributed by atoms with Gasteiger partial charge in [0.15, 0.2) is 5.16 Å². The Hall–Kier alpha value is -2.37. The Balaban J connectivity index is 1.73. The molecule has 1 fully saturated rings. The molecule has 0 spiro atoms. The molecule has 0 saturated heterocycles. The molecule has 0 atom stereocenters. The lowest BCUT2D eigenvalue weighted by Crippen LogP contribution is -2.22. The van der Waals surface area contributed by atoms with Gasteiger partial charge in [-0.1, -0.05) is 37.1 Å². The maximum absolute atomic E-state index is 12.7. The highest BCUT2D eigenvalue weighted by Crippen LogP contribution is 2.33. The zero-order valence-corrected chi connectivity index (χ0v) is 20.9. The van der Waals surface area contributed by atoms with Crippen molar-refractivity contribution in [2.24, 2.45) is 0 Å². The third-order valence-electron chi connectivity index (χ3n) is 5.58. The fourth-order valence-electron chi connectivity index (χ4n) is 3.84. The van der Waals surface area contributed by atoms with Crippen LogP contribution in [0, 0.1) is 0 Å². The van der Waals surface area contributed by atoms with Crippen LogP contribution in [0.15, 0.2) is 40.9 Å². The highest BCUT2D eigenvalue weighted by atomic mass is 32.2. The minimum absolute atomic E-state index is 0.0686. The molecule has 1 heterocycles. The lowest BCUT2D eigenvalue weighted by atomic mass is 9.89. The number of nitrogens with one attached hydrogen (secondary N) is 1. The zero-order chi connectivity index (χ0) is 24.0. The molecular formula is C22H31N5O4S2. The van der Waals surface area contributed by atoms with Crippen molar-refractivity contribution >= 4 is 33.4 Å². The van der Waals surface area contributed by atoms with Crippen LogP contribution in [0.25, 0.3) is 0 Å². The number of nitrogens with zero attached hydrogens (tertiary/aromatic N) is 4. The number of allylic oxidation sites excluding steroid dienone is 1. The molecule has 33 heavy (non-hydrogen) atoms. The molecule has 1 N–H and O–H groups in total. The summed E-state index contributed by atoms with van der Waals surface area (Å²) < 4.78 is 33.4. The Bertz CT molecular complexity index is 1090. The van der Waals surface area contributed by atoms with Gasteiger partial charge in [0.2, 0.25) is 15.9 Å². The zero-order valence-electron chi connectivity index (χ0n) is 19.3. The van der Waals surface area contributed by atoms with Crippen LogP contribution in [0.5, 0.6) is 5.75 Å². The lowest BCUT2D eigenvalue weighted by molar-refractivity contribution is -0.113. The molecule has 0 radical (unpaired) electrons. The first-order valence-corrected chi connectivity index (χ1v) is 13.3. The number of hydrogen-bond acceptors (Lipinski definition) is 7. The smallest absolute Gasteiger partial charge is 0.242 e. The fraction of sp³-hybridized carbons (Fsp3) is 0.500. The number of methoxy groups -OCH3 is 1. The van der Waals surface area contributed by atoms with Crippen LogP contribution in [-0.4, -0.2) is 60.4 Å². The number of aromatic nitrogens is 3. The Morgan fingerprint density at radius 1 is 1.30 bits per heavy atom. The predicted molar refractivity (Wildman–Crippen MR) is 129 cm³/mol. The van der Waals surface area contributed by atoms with Gasteiger partial charge in [0.05, 0.1) is 23.4 Å². The number of carbonyl (C=O) groups is 1. The van der Waals surface area contributed by atoms with E-state index in [0.29, 0.717) is 29.1 Å². The van der Waals surface area contributed by atoms with E-state index in [1.807, 2.05) is 4.57 Å². The van der Waals surface area contributed by atoms with E-state index in [-0.39, 0.29) is 16.6 Å². The largest absolute Gasteiger partial charge is 0.495 e.